The number of rotatable bonds is 4. The first-order chi connectivity index (χ1) is 13.2. The highest BCUT2D eigenvalue weighted by molar-refractivity contribution is 6.33. The number of hydrazone groups is 1. The molecule has 0 unspecified atom stereocenters. The molecule has 1 N–H and O–H groups in total. The Morgan fingerprint density at radius 2 is 1.79 bits per heavy atom. The van der Waals surface area contributed by atoms with Gasteiger partial charge in [-0.15, -0.1) is 0 Å². The number of anilines is 1. The summed E-state index contributed by atoms with van der Waals surface area (Å²) in [6.45, 7) is 1.69. The summed E-state index contributed by atoms with van der Waals surface area (Å²) < 4.78 is 52.9. The standard InChI is InChI=1S/C18H12Cl2F4N4/c1-10-14(17(20)28(27-10)13-5-3-12(21)4-6-13)9-25-26-16-8-11(18(22,23)24)2-7-15(16)19/h2-9,26H,1H3/b25-9-. The van der Waals surface area contributed by atoms with Crippen LogP contribution < -0.4 is 5.43 Å². The molecule has 0 aliphatic heterocycles. The molecule has 10 heteroatoms. The van der Waals surface area contributed by atoms with E-state index in [4.69, 9.17) is 23.2 Å². The first-order valence-electron chi connectivity index (χ1n) is 7.83. The predicted octanol–water partition coefficient (Wildman–Crippen LogP) is 6.09. The first kappa shape index (κ1) is 20.2. The second kappa shape index (κ2) is 7.81. The van der Waals surface area contributed by atoms with Crippen LogP contribution in [-0.2, 0) is 6.18 Å². The third-order valence-corrected chi connectivity index (χ3v) is 4.48. The molecule has 1 aromatic heterocycles. The fourth-order valence-electron chi connectivity index (χ4n) is 2.36. The zero-order chi connectivity index (χ0) is 20.5. The van der Waals surface area contributed by atoms with Crippen LogP contribution in [0.2, 0.25) is 10.2 Å². The smallest absolute Gasteiger partial charge is 0.277 e. The van der Waals surface area contributed by atoms with Crippen LogP contribution in [-0.4, -0.2) is 16.0 Å². The molecule has 0 radical (unpaired) electrons. The van der Waals surface area contributed by atoms with Crippen LogP contribution in [0.4, 0.5) is 23.2 Å². The molecule has 3 rings (SSSR count). The van der Waals surface area contributed by atoms with Crippen LogP contribution in [0.25, 0.3) is 5.69 Å². The molecule has 146 valence electrons. The molecule has 1 heterocycles. The van der Waals surface area contributed by atoms with Gasteiger partial charge in [-0.2, -0.15) is 23.4 Å². The topological polar surface area (TPSA) is 42.2 Å². The molecule has 4 nitrogen and oxygen atoms in total. The van der Waals surface area contributed by atoms with E-state index in [1.807, 2.05) is 0 Å². The lowest BCUT2D eigenvalue weighted by Crippen LogP contribution is -2.05. The van der Waals surface area contributed by atoms with Gasteiger partial charge in [-0.1, -0.05) is 23.2 Å². The molecule has 0 bridgehead atoms. The van der Waals surface area contributed by atoms with Gasteiger partial charge in [-0.25, -0.2) is 9.07 Å². The monoisotopic (exact) mass is 430 g/mol. The summed E-state index contributed by atoms with van der Waals surface area (Å²) in [5, 5.41) is 8.47. The van der Waals surface area contributed by atoms with Crippen LogP contribution in [0.1, 0.15) is 16.8 Å². The quantitative estimate of drug-likeness (QED) is 0.309. The lowest BCUT2D eigenvalue weighted by atomic mass is 10.2. The third-order valence-electron chi connectivity index (χ3n) is 3.79. The van der Waals surface area contributed by atoms with E-state index in [0.29, 0.717) is 16.9 Å². The lowest BCUT2D eigenvalue weighted by Gasteiger charge is -2.09. The minimum atomic E-state index is -4.50. The second-order valence-corrected chi connectivity index (χ2v) is 6.51. The molecule has 28 heavy (non-hydrogen) atoms. The molecule has 2 aromatic carbocycles. The van der Waals surface area contributed by atoms with E-state index >= 15 is 0 Å². The molecule has 0 fully saturated rings. The van der Waals surface area contributed by atoms with Gasteiger partial charge in [0.05, 0.1) is 39.4 Å². The molecular weight excluding hydrogens is 419 g/mol. The van der Waals surface area contributed by atoms with Gasteiger partial charge in [-0.3, -0.25) is 5.43 Å². The Hall–Kier alpha value is -2.58. The molecule has 0 atom stereocenters. The van der Waals surface area contributed by atoms with Crippen molar-refractivity contribution in [1.29, 1.82) is 0 Å². The Morgan fingerprint density at radius 3 is 2.43 bits per heavy atom. The fourth-order valence-corrected chi connectivity index (χ4v) is 2.85. The van der Waals surface area contributed by atoms with Gasteiger partial charge in [0.15, 0.2) is 0 Å². The molecule has 0 amide bonds. The molecule has 0 saturated carbocycles. The summed E-state index contributed by atoms with van der Waals surface area (Å²) in [6.07, 6.45) is -3.18. The van der Waals surface area contributed by atoms with Crippen molar-refractivity contribution >= 4 is 35.1 Å². The Balaban J connectivity index is 1.85. The van der Waals surface area contributed by atoms with Gasteiger partial charge in [0.25, 0.3) is 0 Å². The van der Waals surface area contributed by atoms with E-state index in [-0.39, 0.29) is 15.9 Å². The van der Waals surface area contributed by atoms with Crippen molar-refractivity contribution in [2.45, 2.75) is 13.1 Å². The average Bonchev–Trinajstić information content (AvgIpc) is 2.91. The number of alkyl halides is 3. The highest BCUT2D eigenvalue weighted by Crippen LogP contribution is 2.33. The summed E-state index contributed by atoms with van der Waals surface area (Å²) in [6, 6.07) is 8.43. The normalized spacial score (nSPS) is 12.0. The van der Waals surface area contributed by atoms with E-state index in [1.165, 1.54) is 35.2 Å². The minimum absolute atomic E-state index is 0.00700. The van der Waals surface area contributed by atoms with Gasteiger partial charge < -0.3 is 0 Å². The Bertz CT molecular complexity index is 1030. The number of halogens is 6. The van der Waals surface area contributed by atoms with Gasteiger partial charge in [0.2, 0.25) is 0 Å². The Labute approximate surface area is 167 Å². The number of aryl methyl sites for hydroxylation is 1. The summed E-state index contributed by atoms with van der Waals surface area (Å²) in [4.78, 5) is 0. The van der Waals surface area contributed by atoms with E-state index in [9.17, 15) is 17.6 Å². The fraction of sp³-hybridized carbons (Fsp3) is 0.111. The molecule has 0 aliphatic rings. The van der Waals surface area contributed by atoms with Gasteiger partial charge in [-0.05, 0) is 49.4 Å². The highest BCUT2D eigenvalue weighted by Gasteiger charge is 2.30. The second-order valence-electron chi connectivity index (χ2n) is 5.74. The zero-order valence-electron chi connectivity index (χ0n) is 14.2. The lowest BCUT2D eigenvalue weighted by molar-refractivity contribution is -0.137. The van der Waals surface area contributed by atoms with Gasteiger partial charge in [0.1, 0.15) is 11.0 Å². The predicted molar refractivity (Wildman–Crippen MR) is 101 cm³/mol. The van der Waals surface area contributed by atoms with Crippen LogP contribution in [0.5, 0.6) is 0 Å². The molecule has 0 spiro atoms. The largest absolute Gasteiger partial charge is 0.416 e. The summed E-state index contributed by atoms with van der Waals surface area (Å²) >= 11 is 12.2. The van der Waals surface area contributed by atoms with E-state index < -0.39 is 17.6 Å². The highest BCUT2D eigenvalue weighted by atomic mass is 35.5. The van der Waals surface area contributed by atoms with Crippen LogP contribution in [0.3, 0.4) is 0 Å². The maximum absolute atomic E-state index is 13.1. The van der Waals surface area contributed by atoms with Gasteiger partial charge >= 0.3 is 6.18 Å². The number of hydrogen-bond donors (Lipinski definition) is 1. The van der Waals surface area contributed by atoms with E-state index in [2.05, 4.69) is 15.6 Å². The number of aromatic nitrogens is 2. The zero-order valence-corrected chi connectivity index (χ0v) is 15.7. The summed E-state index contributed by atoms with van der Waals surface area (Å²) in [5.74, 6) is -0.396. The molecule has 0 saturated heterocycles. The molecule has 0 aliphatic carbocycles. The SMILES string of the molecule is Cc1nn(-c2ccc(F)cc2)c(Cl)c1/C=N\Nc1cc(C(F)(F)F)ccc1Cl. The van der Waals surface area contributed by atoms with Crippen molar-refractivity contribution in [2.75, 3.05) is 5.43 Å². The summed E-state index contributed by atoms with van der Waals surface area (Å²) in [7, 11) is 0. The third kappa shape index (κ3) is 4.28. The maximum Gasteiger partial charge on any atom is 0.416 e. The van der Waals surface area contributed by atoms with Crippen molar-refractivity contribution < 1.29 is 17.6 Å². The van der Waals surface area contributed by atoms with Crippen LogP contribution >= 0.6 is 23.2 Å². The van der Waals surface area contributed by atoms with Crippen molar-refractivity contribution in [3.8, 4) is 5.69 Å². The Kier molecular flexibility index (Phi) is 5.62. The number of hydrogen-bond acceptors (Lipinski definition) is 3. The van der Waals surface area contributed by atoms with Crippen molar-refractivity contribution in [3.05, 3.63) is 75.3 Å². The number of benzene rings is 2. The number of nitrogens with zero attached hydrogens (tertiary/aromatic N) is 3. The average molecular weight is 431 g/mol. The summed E-state index contributed by atoms with van der Waals surface area (Å²) in [5.41, 5.74) is 3.13. The Morgan fingerprint density at radius 1 is 1.11 bits per heavy atom. The maximum atomic E-state index is 13.1. The van der Waals surface area contributed by atoms with Gasteiger partial charge in [0, 0.05) is 0 Å². The van der Waals surface area contributed by atoms with Crippen molar-refractivity contribution in [3.63, 3.8) is 0 Å². The first-order valence-corrected chi connectivity index (χ1v) is 8.59. The van der Waals surface area contributed by atoms with Crippen molar-refractivity contribution in [2.24, 2.45) is 5.10 Å². The van der Waals surface area contributed by atoms with Crippen LogP contribution in [0.15, 0.2) is 47.6 Å². The van der Waals surface area contributed by atoms with Crippen LogP contribution in [0, 0.1) is 12.7 Å². The molecular formula is C18H12Cl2F4N4. The van der Waals surface area contributed by atoms with E-state index in [0.717, 1.165) is 18.2 Å². The number of nitrogens with one attached hydrogen (secondary N) is 1. The molecule has 3 aromatic rings. The van der Waals surface area contributed by atoms with E-state index in [1.54, 1.807) is 6.92 Å². The van der Waals surface area contributed by atoms with Crippen molar-refractivity contribution in [1.82, 2.24) is 9.78 Å². The minimum Gasteiger partial charge on any atom is -0.277 e.